The van der Waals surface area contributed by atoms with Gasteiger partial charge in [0.1, 0.15) is 0 Å². The molecule has 0 spiro atoms. The first-order valence-electron chi connectivity index (χ1n) is 7.29. The van der Waals surface area contributed by atoms with Gasteiger partial charge in [-0.2, -0.15) is 0 Å². The Bertz CT molecular complexity index is 524. The lowest BCUT2D eigenvalue weighted by Gasteiger charge is -2.28. The van der Waals surface area contributed by atoms with E-state index < -0.39 is 0 Å². The summed E-state index contributed by atoms with van der Waals surface area (Å²) >= 11 is 6.29. The van der Waals surface area contributed by atoms with Crippen LogP contribution in [0, 0.1) is 0 Å². The van der Waals surface area contributed by atoms with Gasteiger partial charge in [-0.15, -0.1) is 0 Å². The van der Waals surface area contributed by atoms with Gasteiger partial charge in [0, 0.05) is 31.7 Å². The minimum atomic E-state index is 0.168. The van der Waals surface area contributed by atoms with Crippen LogP contribution in [-0.4, -0.2) is 56.4 Å². The number of hydrogen-bond acceptors (Lipinski definition) is 5. The van der Waals surface area contributed by atoms with Crippen LogP contribution in [0.25, 0.3) is 0 Å². The van der Waals surface area contributed by atoms with E-state index in [0.29, 0.717) is 23.4 Å². The van der Waals surface area contributed by atoms with Gasteiger partial charge in [0.25, 0.3) is 0 Å². The molecule has 5 nitrogen and oxygen atoms in total. The van der Waals surface area contributed by atoms with Gasteiger partial charge in [0.15, 0.2) is 11.5 Å². The number of likely N-dealkylation sites (N-methyl/N-ethyl adjacent to an activating group) is 1. The summed E-state index contributed by atoms with van der Waals surface area (Å²) in [4.78, 5) is 4.71. The first kappa shape index (κ1) is 14.9. The zero-order valence-electron chi connectivity index (χ0n) is 12.5. The molecule has 2 unspecified atom stereocenters. The number of nitrogens with zero attached hydrogens (tertiary/aromatic N) is 2. The molecular weight excluding hydrogens is 290 g/mol. The van der Waals surface area contributed by atoms with Gasteiger partial charge < -0.3 is 20.1 Å². The largest absolute Gasteiger partial charge is 0.454 e. The summed E-state index contributed by atoms with van der Waals surface area (Å²) in [6.07, 6.45) is 1.17. The van der Waals surface area contributed by atoms with E-state index in [4.69, 9.17) is 26.8 Å². The van der Waals surface area contributed by atoms with Gasteiger partial charge in [0.05, 0.1) is 5.02 Å². The Morgan fingerprint density at radius 3 is 2.90 bits per heavy atom. The first-order chi connectivity index (χ1) is 10.1. The molecule has 2 aliphatic heterocycles. The van der Waals surface area contributed by atoms with E-state index in [2.05, 4.69) is 23.9 Å². The molecule has 2 heterocycles. The minimum Gasteiger partial charge on any atom is -0.454 e. The molecule has 0 bridgehead atoms. The Morgan fingerprint density at radius 2 is 2.24 bits per heavy atom. The maximum Gasteiger partial charge on any atom is 0.231 e. The van der Waals surface area contributed by atoms with Gasteiger partial charge in [-0.1, -0.05) is 11.6 Å². The lowest BCUT2D eigenvalue weighted by molar-refractivity contribution is 0.173. The van der Waals surface area contributed by atoms with E-state index in [1.165, 1.54) is 6.42 Å². The van der Waals surface area contributed by atoms with Crippen molar-refractivity contribution in [1.82, 2.24) is 9.80 Å². The van der Waals surface area contributed by atoms with Gasteiger partial charge in [-0.3, -0.25) is 4.90 Å². The van der Waals surface area contributed by atoms with Gasteiger partial charge in [0.2, 0.25) is 6.79 Å². The Morgan fingerprint density at radius 1 is 1.43 bits per heavy atom. The molecule has 2 aliphatic rings. The average molecular weight is 312 g/mol. The van der Waals surface area contributed by atoms with Crippen LogP contribution in [0.1, 0.15) is 18.0 Å². The normalized spacial score (nSPS) is 23.0. The molecule has 0 radical (unpaired) electrons. The van der Waals surface area contributed by atoms with E-state index >= 15 is 0 Å². The van der Waals surface area contributed by atoms with Gasteiger partial charge in [-0.05, 0) is 38.2 Å². The third kappa shape index (κ3) is 2.83. The van der Waals surface area contributed by atoms with Crippen LogP contribution in [0.15, 0.2) is 12.1 Å². The van der Waals surface area contributed by atoms with Crippen molar-refractivity contribution >= 4 is 11.6 Å². The molecule has 2 N–H and O–H groups in total. The Balaban J connectivity index is 1.83. The minimum absolute atomic E-state index is 0.168. The number of hydrogen-bond donors (Lipinski definition) is 1. The molecule has 0 aliphatic carbocycles. The molecule has 21 heavy (non-hydrogen) atoms. The predicted molar refractivity (Wildman–Crippen MR) is 83.0 cm³/mol. The smallest absolute Gasteiger partial charge is 0.231 e. The molecule has 2 atom stereocenters. The summed E-state index contributed by atoms with van der Waals surface area (Å²) in [7, 11) is 4.26. The van der Waals surface area contributed by atoms with Crippen molar-refractivity contribution in [3.05, 3.63) is 22.7 Å². The van der Waals surface area contributed by atoms with Crippen molar-refractivity contribution in [1.29, 1.82) is 0 Å². The van der Waals surface area contributed by atoms with Gasteiger partial charge >= 0.3 is 0 Å². The fraction of sp³-hybridized carbons (Fsp3) is 0.600. The molecule has 1 aromatic rings. The number of benzene rings is 1. The fourth-order valence-corrected chi connectivity index (χ4v) is 3.42. The summed E-state index contributed by atoms with van der Waals surface area (Å²) < 4.78 is 10.8. The van der Waals surface area contributed by atoms with Crippen molar-refractivity contribution in [2.75, 3.05) is 40.5 Å². The highest BCUT2D eigenvalue weighted by molar-refractivity contribution is 6.32. The van der Waals surface area contributed by atoms with Crippen molar-refractivity contribution in [3.8, 4) is 11.5 Å². The number of halogens is 1. The number of fused-ring (bicyclic) bond motifs is 1. The number of ether oxygens (including phenoxy) is 2. The second-order valence-corrected chi connectivity index (χ2v) is 6.30. The molecule has 6 heteroatoms. The van der Waals surface area contributed by atoms with Crippen LogP contribution in [-0.2, 0) is 0 Å². The molecule has 3 rings (SSSR count). The fourth-order valence-electron chi connectivity index (χ4n) is 3.15. The molecule has 1 fully saturated rings. The van der Waals surface area contributed by atoms with Crippen LogP contribution in [0.2, 0.25) is 5.02 Å². The van der Waals surface area contributed by atoms with E-state index in [9.17, 15) is 0 Å². The SMILES string of the molecule is CN(C)C1CCN(C(CN)c2cc(Cl)c3c(c2)OCO3)C1. The second-order valence-electron chi connectivity index (χ2n) is 5.89. The highest BCUT2D eigenvalue weighted by Gasteiger charge is 2.31. The second kappa shape index (κ2) is 6.01. The van der Waals surface area contributed by atoms with E-state index in [0.717, 1.165) is 24.4 Å². The van der Waals surface area contributed by atoms with Crippen molar-refractivity contribution in [2.45, 2.75) is 18.5 Å². The van der Waals surface area contributed by atoms with E-state index in [1.54, 1.807) is 0 Å². The summed E-state index contributed by atoms with van der Waals surface area (Å²) in [5.74, 6) is 1.36. The maximum absolute atomic E-state index is 6.29. The van der Waals surface area contributed by atoms with Crippen molar-refractivity contribution < 1.29 is 9.47 Å². The van der Waals surface area contributed by atoms with Crippen molar-refractivity contribution in [3.63, 3.8) is 0 Å². The lowest BCUT2D eigenvalue weighted by atomic mass is 10.0. The van der Waals surface area contributed by atoms with Crippen LogP contribution >= 0.6 is 11.6 Å². The standard InChI is InChI=1S/C15H22ClN3O2/c1-18(2)11-3-4-19(8-11)13(7-17)10-5-12(16)15-14(6-10)20-9-21-15/h5-6,11,13H,3-4,7-9,17H2,1-2H3. The predicted octanol–water partition coefficient (Wildman–Crippen LogP) is 1.70. The Hall–Kier alpha value is -1.01. The van der Waals surface area contributed by atoms with Crippen LogP contribution in [0.5, 0.6) is 11.5 Å². The number of likely N-dealkylation sites (tertiary alicyclic amines) is 1. The topological polar surface area (TPSA) is 51.0 Å². The van der Waals surface area contributed by atoms with Crippen LogP contribution < -0.4 is 15.2 Å². The summed E-state index contributed by atoms with van der Waals surface area (Å²) in [6, 6.07) is 4.72. The molecule has 0 amide bonds. The quantitative estimate of drug-likeness (QED) is 0.917. The highest BCUT2D eigenvalue weighted by Crippen LogP contribution is 2.42. The highest BCUT2D eigenvalue weighted by atomic mass is 35.5. The van der Waals surface area contributed by atoms with E-state index in [-0.39, 0.29) is 12.8 Å². The lowest BCUT2D eigenvalue weighted by Crippen LogP contribution is -2.36. The zero-order chi connectivity index (χ0) is 15.0. The summed E-state index contributed by atoms with van der Waals surface area (Å²) in [5.41, 5.74) is 7.13. The van der Waals surface area contributed by atoms with Crippen LogP contribution in [0.4, 0.5) is 0 Å². The summed E-state index contributed by atoms with van der Waals surface area (Å²) in [5, 5.41) is 0.599. The third-order valence-corrected chi connectivity index (χ3v) is 4.70. The third-order valence-electron chi connectivity index (χ3n) is 4.42. The molecule has 0 saturated carbocycles. The summed E-state index contributed by atoms with van der Waals surface area (Å²) in [6.45, 7) is 2.88. The van der Waals surface area contributed by atoms with Gasteiger partial charge in [-0.25, -0.2) is 0 Å². The molecular formula is C15H22ClN3O2. The van der Waals surface area contributed by atoms with E-state index in [1.807, 2.05) is 12.1 Å². The number of nitrogens with two attached hydrogens (primary N) is 1. The Labute approximate surface area is 130 Å². The monoisotopic (exact) mass is 311 g/mol. The first-order valence-corrected chi connectivity index (χ1v) is 7.67. The molecule has 116 valence electrons. The maximum atomic E-state index is 6.29. The number of rotatable bonds is 4. The molecule has 1 aromatic carbocycles. The van der Waals surface area contributed by atoms with Crippen molar-refractivity contribution in [2.24, 2.45) is 5.73 Å². The van der Waals surface area contributed by atoms with Crippen LogP contribution in [0.3, 0.4) is 0 Å². The Kier molecular flexibility index (Phi) is 4.26. The zero-order valence-corrected chi connectivity index (χ0v) is 13.3. The average Bonchev–Trinajstić information content (AvgIpc) is 3.08. The molecule has 0 aromatic heterocycles. The molecule has 1 saturated heterocycles.